The van der Waals surface area contributed by atoms with Crippen molar-refractivity contribution in [2.24, 2.45) is 0 Å². The van der Waals surface area contributed by atoms with Gasteiger partial charge in [-0.15, -0.1) is 0 Å². The van der Waals surface area contributed by atoms with Crippen LogP contribution in [-0.4, -0.2) is 41.9 Å². The second-order valence-electron chi connectivity index (χ2n) is 12.1. The number of aliphatic hydroxyl groups excluding tert-OH is 1. The van der Waals surface area contributed by atoms with Crippen LogP contribution in [-0.2, 0) is 14.9 Å². The number of carbonyl (C=O) groups excluding carboxylic acids is 1. The zero-order valence-corrected chi connectivity index (χ0v) is 30.4. The highest BCUT2D eigenvalue weighted by Crippen LogP contribution is 2.10. The molecule has 0 spiro atoms. The third-order valence-electron chi connectivity index (χ3n) is 7.53. The van der Waals surface area contributed by atoms with E-state index < -0.39 is 28.0 Å². The predicted octanol–water partition coefficient (Wildman–Crippen LogP) is 10.5. The maximum absolute atomic E-state index is 12.5. The molecule has 1 amide bonds. The van der Waals surface area contributed by atoms with Gasteiger partial charge in [0.1, 0.15) is 0 Å². The second kappa shape index (κ2) is 33.4. The van der Waals surface area contributed by atoms with Gasteiger partial charge in [0.2, 0.25) is 5.91 Å². The summed E-state index contributed by atoms with van der Waals surface area (Å²) in [6.07, 6.45) is 48.5. The van der Waals surface area contributed by atoms with Crippen molar-refractivity contribution in [2.75, 3.05) is 5.75 Å². The zero-order chi connectivity index (χ0) is 34.7. The molecular weight excluding hydrogens is 607 g/mol. The van der Waals surface area contributed by atoms with E-state index in [2.05, 4.69) is 92.1 Å². The summed E-state index contributed by atoms with van der Waals surface area (Å²) >= 11 is 0. The minimum atomic E-state index is -4.36. The zero-order valence-electron chi connectivity index (χ0n) is 29.6. The average molecular weight is 674 g/mol. The molecule has 0 heterocycles. The Labute approximate surface area is 288 Å². The molecular formula is C40H67NO5S. The first-order valence-corrected chi connectivity index (χ1v) is 19.9. The molecule has 0 aliphatic heterocycles. The fourth-order valence-corrected chi connectivity index (χ4v) is 5.56. The van der Waals surface area contributed by atoms with Crippen molar-refractivity contribution in [1.82, 2.24) is 5.32 Å². The molecule has 0 bridgehead atoms. The SMILES string of the molecule is CC/C=C\C/C=C\C/C=C\C/C=C\CCCCCCCCC(=O)NC(CS(=O)(=O)O)C(O)/C=C/CC/C=C/CC/C=C/CCCCC. The smallest absolute Gasteiger partial charge is 0.267 e. The third kappa shape index (κ3) is 34.7. The van der Waals surface area contributed by atoms with Gasteiger partial charge in [-0.05, 0) is 83.5 Å². The Balaban J connectivity index is 4.09. The molecule has 0 aromatic rings. The van der Waals surface area contributed by atoms with Crippen LogP contribution in [0.3, 0.4) is 0 Å². The van der Waals surface area contributed by atoms with E-state index in [1.165, 1.54) is 25.3 Å². The van der Waals surface area contributed by atoms with Crippen LogP contribution in [0.15, 0.2) is 85.1 Å². The molecule has 0 radical (unpaired) electrons. The molecule has 0 aromatic heterocycles. The lowest BCUT2D eigenvalue weighted by molar-refractivity contribution is -0.122. The summed E-state index contributed by atoms with van der Waals surface area (Å²) < 4.78 is 32.3. The molecule has 3 N–H and O–H groups in total. The Kier molecular flexibility index (Phi) is 31.7. The fraction of sp³-hybridized carbons (Fsp3) is 0.625. The second-order valence-corrected chi connectivity index (χ2v) is 13.6. The molecule has 2 unspecified atom stereocenters. The molecule has 0 fully saturated rings. The van der Waals surface area contributed by atoms with E-state index in [1.807, 2.05) is 0 Å². The Hall–Kier alpha value is -2.48. The van der Waals surface area contributed by atoms with Crippen LogP contribution in [0.1, 0.15) is 142 Å². The van der Waals surface area contributed by atoms with E-state index in [0.29, 0.717) is 12.8 Å². The summed E-state index contributed by atoms with van der Waals surface area (Å²) in [6.45, 7) is 4.35. The molecule has 0 aliphatic rings. The van der Waals surface area contributed by atoms with Crippen molar-refractivity contribution < 1.29 is 22.9 Å². The van der Waals surface area contributed by atoms with Gasteiger partial charge in [-0.1, -0.05) is 137 Å². The van der Waals surface area contributed by atoms with Crippen molar-refractivity contribution in [3.8, 4) is 0 Å². The third-order valence-corrected chi connectivity index (χ3v) is 8.31. The van der Waals surface area contributed by atoms with Gasteiger partial charge in [-0.2, -0.15) is 8.42 Å². The quantitative estimate of drug-likeness (QED) is 0.0386. The maximum atomic E-state index is 12.5. The molecule has 2 atom stereocenters. The number of allylic oxidation sites excluding steroid dienone is 13. The summed E-state index contributed by atoms with van der Waals surface area (Å²) in [5.41, 5.74) is 0. The first kappa shape index (κ1) is 44.5. The highest BCUT2D eigenvalue weighted by atomic mass is 32.2. The Bertz CT molecular complexity index is 1050. The van der Waals surface area contributed by atoms with E-state index >= 15 is 0 Å². The van der Waals surface area contributed by atoms with Crippen molar-refractivity contribution in [1.29, 1.82) is 0 Å². The largest absolute Gasteiger partial charge is 0.387 e. The van der Waals surface area contributed by atoms with Gasteiger partial charge in [0, 0.05) is 6.42 Å². The Morgan fingerprint density at radius 3 is 1.60 bits per heavy atom. The molecule has 7 heteroatoms. The van der Waals surface area contributed by atoms with Gasteiger partial charge < -0.3 is 10.4 Å². The minimum Gasteiger partial charge on any atom is -0.387 e. The van der Waals surface area contributed by atoms with Crippen LogP contribution in [0, 0.1) is 0 Å². The van der Waals surface area contributed by atoms with Gasteiger partial charge in [0.15, 0.2) is 0 Å². The van der Waals surface area contributed by atoms with E-state index in [4.69, 9.17) is 0 Å². The van der Waals surface area contributed by atoms with Crippen molar-refractivity contribution in [2.45, 2.75) is 154 Å². The van der Waals surface area contributed by atoms with Gasteiger partial charge in [-0.3, -0.25) is 9.35 Å². The van der Waals surface area contributed by atoms with E-state index in [9.17, 15) is 22.9 Å². The van der Waals surface area contributed by atoms with E-state index in [0.717, 1.165) is 89.9 Å². The van der Waals surface area contributed by atoms with Crippen molar-refractivity contribution in [3.63, 3.8) is 0 Å². The molecule has 0 saturated carbocycles. The van der Waals surface area contributed by atoms with Gasteiger partial charge in [-0.25, -0.2) is 0 Å². The average Bonchev–Trinajstić information content (AvgIpc) is 3.03. The Morgan fingerprint density at radius 1 is 0.596 bits per heavy atom. The number of unbranched alkanes of at least 4 members (excludes halogenated alkanes) is 11. The first-order chi connectivity index (χ1) is 22.8. The number of hydrogen-bond acceptors (Lipinski definition) is 4. The summed E-state index contributed by atoms with van der Waals surface area (Å²) in [5.74, 6) is -1.04. The minimum absolute atomic E-state index is 0.263. The monoisotopic (exact) mass is 673 g/mol. The fourth-order valence-electron chi connectivity index (χ4n) is 4.82. The summed E-state index contributed by atoms with van der Waals surface area (Å²) in [7, 11) is -4.36. The Morgan fingerprint density at radius 2 is 1.04 bits per heavy atom. The van der Waals surface area contributed by atoms with Crippen LogP contribution >= 0.6 is 0 Å². The van der Waals surface area contributed by atoms with Crippen LogP contribution in [0.4, 0.5) is 0 Å². The molecule has 0 saturated heterocycles. The number of aliphatic hydroxyl groups is 1. The van der Waals surface area contributed by atoms with Gasteiger partial charge >= 0.3 is 0 Å². The summed E-state index contributed by atoms with van der Waals surface area (Å²) in [5, 5.41) is 13.1. The van der Waals surface area contributed by atoms with Crippen molar-refractivity contribution in [3.05, 3.63) is 85.1 Å². The number of amides is 1. The molecule has 6 nitrogen and oxygen atoms in total. The van der Waals surface area contributed by atoms with Crippen LogP contribution < -0.4 is 5.32 Å². The lowest BCUT2D eigenvalue weighted by Crippen LogP contribution is -2.46. The van der Waals surface area contributed by atoms with Crippen LogP contribution in [0.25, 0.3) is 0 Å². The molecule has 0 aliphatic carbocycles. The molecule has 0 rings (SSSR count). The van der Waals surface area contributed by atoms with Crippen molar-refractivity contribution >= 4 is 16.0 Å². The maximum Gasteiger partial charge on any atom is 0.267 e. The van der Waals surface area contributed by atoms with E-state index in [1.54, 1.807) is 6.08 Å². The first-order valence-electron chi connectivity index (χ1n) is 18.3. The molecule has 0 aromatic carbocycles. The summed E-state index contributed by atoms with van der Waals surface area (Å²) in [6, 6.07) is -1.09. The summed E-state index contributed by atoms with van der Waals surface area (Å²) in [4.78, 5) is 12.5. The number of carbonyl (C=O) groups is 1. The topological polar surface area (TPSA) is 104 Å². The standard InChI is InChI=1S/C40H67NO5S/c1-3-5-7-9-11-13-15-17-18-19-20-21-22-24-26-28-30-32-34-36-40(43)41-38(37-47(44,45)46)39(42)35-33-31-29-27-25-23-16-14-12-10-8-6-4-2/h5,7,11-14,17-18,20-21,25,27,33,35,38-39,42H,3-4,6,8-10,15-16,19,22-24,26,28-32,34,36-37H2,1-2H3,(H,41,43)(H,44,45,46)/b7-5-,13-11-,14-12+,18-17-,21-20-,27-25+,35-33+. The van der Waals surface area contributed by atoms with Gasteiger partial charge in [0.05, 0.1) is 17.9 Å². The van der Waals surface area contributed by atoms with Crippen LogP contribution in [0.5, 0.6) is 0 Å². The molecule has 47 heavy (non-hydrogen) atoms. The predicted molar refractivity (Wildman–Crippen MR) is 202 cm³/mol. The highest BCUT2D eigenvalue weighted by Gasteiger charge is 2.24. The number of hydrogen-bond donors (Lipinski definition) is 3. The molecule has 268 valence electrons. The van der Waals surface area contributed by atoms with Gasteiger partial charge in [0.25, 0.3) is 10.1 Å². The lowest BCUT2D eigenvalue weighted by atomic mass is 10.1. The lowest BCUT2D eigenvalue weighted by Gasteiger charge is -2.21. The highest BCUT2D eigenvalue weighted by molar-refractivity contribution is 7.85. The number of nitrogens with one attached hydrogen (secondary N) is 1. The number of rotatable bonds is 31. The normalized spacial score (nSPS) is 14.4. The van der Waals surface area contributed by atoms with Crippen LogP contribution in [0.2, 0.25) is 0 Å². The van der Waals surface area contributed by atoms with E-state index in [-0.39, 0.29) is 12.3 Å².